The van der Waals surface area contributed by atoms with Crippen molar-refractivity contribution in [3.8, 4) is 0 Å². The van der Waals surface area contributed by atoms with Crippen molar-refractivity contribution in [3.63, 3.8) is 0 Å². The maximum atomic E-state index is 14.0. The van der Waals surface area contributed by atoms with Gasteiger partial charge in [0, 0.05) is 17.6 Å². The summed E-state index contributed by atoms with van der Waals surface area (Å²) in [4.78, 5) is 28.6. The molecule has 1 N–H and O–H groups in total. The number of nitrogens with zero attached hydrogens (tertiary/aromatic N) is 2. The topological polar surface area (TPSA) is 86.8 Å². The van der Waals surface area contributed by atoms with Gasteiger partial charge in [-0.3, -0.25) is 13.9 Å². The van der Waals surface area contributed by atoms with E-state index in [1.165, 1.54) is 47.4 Å². The molecular formula is C30H33ClFN3O4S. The molecule has 0 unspecified atom stereocenters. The lowest BCUT2D eigenvalue weighted by molar-refractivity contribution is -0.139. The minimum absolute atomic E-state index is 0.00782. The van der Waals surface area contributed by atoms with E-state index in [-0.39, 0.29) is 29.1 Å². The van der Waals surface area contributed by atoms with E-state index in [1.807, 2.05) is 0 Å². The second kappa shape index (κ2) is 12.8. The number of benzene rings is 3. The van der Waals surface area contributed by atoms with E-state index in [0.717, 1.165) is 30.0 Å². The molecular weight excluding hydrogens is 553 g/mol. The maximum absolute atomic E-state index is 14.0. The first kappa shape index (κ1) is 29.6. The van der Waals surface area contributed by atoms with Gasteiger partial charge in [-0.05, 0) is 74.2 Å². The van der Waals surface area contributed by atoms with Crippen LogP contribution in [0.4, 0.5) is 10.1 Å². The van der Waals surface area contributed by atoms with Crippen LogP contribution in [-0.4, -0.2) is 43.8 Å². The molecule has 40 heavy (non-hydrogen) atoms. The van der Waals surface area contributed by atoms with Crippen LogP contribution in [-0.2, 0) is 26.2 Å². The normalized spacial score (nSPS) is 14.5. The second-order valence-electron chi connectivity index (χ2n) is 10.1. The van der Waals surface area contributed by atoms with Crippen LogP contribution < -0.4 is 9.62 Å². The summed E-state index contributed by atoms with van der Waals surface area (Å²) < 4.78 is 42.4. The standard InChI is InChI=1S/C30H33ClFN3O4S/c1-21-12-15-24(31)18-28(21)35(40(38,39)27-10-4-3-5-11-27)20-29(36)34(19-23-13-16-25(32)17-14-23)22(2)30(37)33-26-8-6-7-9-26/h3-5,10-18,22,26H,6-9,19-20H2,1-2H3,(H,33,37)/t22-/m1/s1. The highest BCUT2D eigenvalue weighted by Crippen LogP contribution is 2.30. The minimum atomic E-state index is -4.19. The first-order valence-corrected chi connectivity index (χ1v) is 15.1. The average molecular weight is 586 g/mol. The molecule has 0 aromatic heterocycles. The van der Waals surface area contributed by atoms with Gasteiger partial charge in [-0.15, -0.1) is 0 Å². The number of amides is 2. The summed E-state index contributed by atoms with van der Waals surface area (Å²) in [6.07, 6.45) is 3.81. The number of carbonyl (C=O) groups excluding carboxylic acids is 2. The van der Waals surface area contributed by atoms with Crippen molar-refractivity contribution < 1.29 is 22.4 Å². The van der Waals surface area contributed by atoms with E-state index >= 15 is 0 Å². The molecule has 0 spiro atoms. The van der Waals surface area contributed by atoms with Gasteiger partial charge < -0.3 is 10.2 Å². The number of halogens is 2. The molecule has 0 heterocycles. The lowest BCUT2D eigenvalue weighted by atomic mass is 10.1. The van der Waals surface area contributed by atoms with Crippen molar-refractivity contribution >= 4 is 39.1 Å². The van der Waals surface area contributed by atoms with E-state index in [0.29, 0.717) is 16.1 Å². The van der Waals surface area contributed by atoms with Gasteiger partial charge in [0.25, 0.3) is 10.0 Å². The molecule has 0 saturated heterocycles. The van der Waals surface area contributed by atoms with Crippen LogP contribution in [0.2, 0.25) is 5.02 Å². The fraction of sp³-hybridized carbons (Fsp3) is 0.333. The molecule has 1 aliphatic carbocycles. The van der Waals surface area contributed by atoms with Gasteiger partial charge in [0.15, 0.2) is 0 Å². The summed E-state index contributed by atoms with van der Waals surface area (Å²) in [6, 6.07) is 17.4. The molecule has 1 aliphatic rings. The Morgan fingerprint density at radius 1 is 1.02 bits per heavy atom. The largest absolute Gasteiger partial charge is 0.352 e. The van der Waals surface area contributed by atoms with Gasteiger partial charge in [-0.2, -0.15) is 0 Å². The van der Waals surface area contributed by atoms with Gasteiger partial charge in [-0.1, -0.05) is 60.8 Å². The SMILES string of the molecule is Cc1ccc(Cl)cc1N(CC(=O)N(Cc1ccc(F)cc1)[C@H](C)C(=O)NC1CCCC1)S(=O)(=O)c1ccccc1. The van der Waals surface area contributed by atoms with E-state index < -0.39 is 34.3 Å². The third kappa shape index (κ3) is 7.01. The fourth-order valence-corrected chi connectivity index (χ4v) is 6.50. The molecule has 3 aromatic rings. The first-order valence-electron chi connectivity index (χ1n) is 13.2. The molecule has 0 bridgehead atoms. The molecule has 1 saturated carbocycles. The van der Waals surface area contributed by atoms with Gasteiger partial charge in [0.05, 0.1) is 10.6 Å². The number of hydrogen-bond donors (Lipinski definition) is 1. The number of nitrogens with one attached hydrogen (secondary N) is 1. The number of aryl methyl sites for hydroxylation is 1. The van der Waals surface area contributed by atoms with Crippen molar-refractivity contribution in [2.45, 2.75) is 63.1 Å². The molecule has 3 aromatic carbocycles. The Morgan fingerprint density at radius 3 is 2.33 bits per heavy atom. The predicted octanol–water partition coefficient (Wildman–Crippen LogP) is 5.46. The van der Waals surface area contributed by atoms with Crippen LogP contribution in [0.1, 0.15) is 43.7 Å². The number of anilines is 1. The zero-order chi connectivity index (χ0) is 28.9. The van der Waals surface area contributed by atoms with E-state index in [4.69, 9.17) is 11.6 Å². The fourth-order valence-electron chi connectivity index (χ4n) is 4.85. The van der Waals surface area contributed by atoms with Crippen LogP contribution in [0.5, 0.6) is 0 Å². The molecule has 1 atom stereocenters. The number of rotatable bonds is 10. The van der Waals surface area contributed by atoms with Gasteiger partial charge >= 0.3 is 0 Å². The summed E-state index contributed by atoms with van der Waals surface area (Å²) in [5, 5.41) is 3.34. The molecule has 2 amide bonds. The summed E-state index contributed by atoms with van der Waals surface area (Å²) >= 11 is 6.25. The van der Waals surface area contributed by atoms with E-state index in [9.17, 15) is 22.4 Å². The summed E-state index contributed by atoms with van der Waals surface area (Å²) in [5.41, 5.74) is 1.47. The highest BCUT2D eigenvalue weighted by molar-refractivity contribution is 7.92. The Labute approximate surface area is 240 Å². The second-order valence-corrected chi connectivity index (χ2v) is 12.4. The highest BCUT2D eigenvalue weighted by Gasteiger charge is 2.34. The number of sulfonamides is 1. The third-order valence-corrected chi connectivity index (χ3v) is 9.19. The van der Waals surface area contributed by atoms with Crippen LogP contribution in [0, 0.1) is 12.7 Å². The quantitative estimate of drug-likeness (QED) is 0.342. The summed E-state index contributed by atoms with van der Waals surface area (Å²) in [7, 11) is -4.19. The third-order valence-electron chi connectivity index (χ3n) is 7.18. The maximum Gasteiger partial charge on any atom is 0.264 e. The minimum Gasteiger partial charge on any atom is -0.352 e. The Morgan fingerprint density at radius 2 is 1.68 bits per heavy atom. The zero-order valence-electron chi connectivity index (χ0n) is 22.5. The lowest BCUT2D eigenvalue weighted by Crippen LogP contribution is -2.52. The van der Waals surface area contributed by atoms with Gasteiger partial charge in [0.2, 0.25) is 11.8 Å². The van der Waals surface area contributed by atoms with E-state index in [2.05, 4.69) is 5.32 Å². The van der Waals surface area contributed by atoms with Crippen molar-refractivity contribution in [1.82, 2.24) is 10.2 Å². The summed E-state index contributed by atoms with van der Waals surface area (Å²) in [6.45, 7) is 2.77. The van der Waals surface area contributed by atoms with Crippen LogP contribution in [0.25, 0.3) is 0 Å². The number of hydrogen-bond acceptors (Lipinski definition) is 4. The van der Waals surface area contributed by atoms with Crippen LogP contribution >= 0.6 is 11.6 Å². The molecule has 10 heteroatoms. The molecule has 1 fully saturated rings. The molecule has 0 aliphatic heterocycles. The van der Waals surface area contributed by atoms with Gasteiger partial charge in [0.1, 0.15) is 18.4 Å². The van der Waals surface area contributed by atoms with Crippen molar-refractivity contribution in [2.24, 2.45) is 0 Å². The Balaban J connectivity index is 1.70. The van der Waals surface area contributed by atoms with Gasteiger partial charge in [-0.25, -0.2) is 12.8 Å². The summed E-state index contributed by atoms with van der Waals surface area (Å²) in [5.74, 6) is -1.33. The highest BCUT2D eigenvalue weighted by atomic mass is 35.5. The Kier molecular flexibility index (Phi) is 9.48. The van der Waals surface area contributed by atoms with Crippen molar-refractivity contribution in [3.05, 3.63) is 94.8 Å². The van der Waals surface area contributed by atoms with Crippen LogP contribution in [0.15, 0.2) is 77.7 Å². The zero-order valence-corrected chi connectivity index (χ0v) is 24.1. The van der Waals surface area contributed by atoms with Crippen LogP contribution in [0.3, 0.4) is 0 Å². The Bertz CT molecular complexity index is 1450. The first-order chi connectivity index (χ1) is 19.1. The molecule has 212 valence electrons. The lowest BCUT2D eigenvalue weighted by Gasteiger charge is -2.33. The molecule has 0 radical (unpaired) electrons. The Hall–Kier alpha value is -3.43. The van der Waals surface area contributed by atoms with E-state index in [1.54, 1.807) is 44.2 Å². The van der Waals surface area contributed by atoms with Crippen molar-refractivity contribution in [2.75, 3.05) is 10.8 Å². The monoisotopic (exact) mass is 585 g/mol. The predicted molar refractivity (Wildman–Crippen MR) is 154 cm³/mol. The molecule has 7 nitrogen and oxygen atoms in total. The molecule has 4 rings (SSSR count). The average Bonchev–Trinajstić information content (AvgIpc) is 3.45. The number of carbonyl (C=O) groups is 2. The van der Waals surface area contributed by atoms with Crippen molar-refractivity contribution in [1.29, 1.82) is 0 Å². The smallest absolute Gasteiger partial charge is 0.264 e.